The predicted molar refractivity (Wildman–Crippen MR) is 84.4 cm³/mol. The molecule has 1 N–H and O–H groups in total. The van der Waals surface area contributed by atoms with Gasteiger partial charge in [0.2, 0.25) is 0 Å². The number of rotatable bonds is 4. The molecule has 2 aliphatic rings. The van der Waals surface area contributed by atoms with Gasteiger partial charge in [-0.1, -0.05) is 6.07 Å². The number of nitrogens with zero attached hydrogens (tertiary/aromatic N) is 3. The molecule has 0 bridgehead atoms. The Balaban J connectivity index is 1.38. The molecule has 0 aromatic carbocycles. The third kappa shape index (κ3) is 2.70. The first kappa shape index (κ1) is 13.3. The van der Waals surface area contributed by atoms with Gasteiger partial charge in [0.05, 0.1) is 11.4 Å². The Hall–Kier alpha value is -1.39. The molecule has 1 saturated heterocycles. The van der Waals surface area contributed by atoms with E-state index >= 15 is 0 Å². The van der Waals surface area contributed by atoms with Crippen LogP contribution in [-0.4, -0.2) is 39.5 Å². The number of fused-ring (bicyclic) bond motifs is 1. The Morgan fingerprint density at radius 2 is 2.00 bits per heavy atom. The second-order valence-electron chi connectivity index (χ2n) is 6.50. The van der Waals surface area contributed by atoms with E-state index in [4.69, 9.17) is 0 Å². The van der Waals surface area contributed by atoms with E-state index in [2.05, 4.69) is 44.9 Å². The first-order valence-electron chi connectivity index (χ1n) is 8.21. The van der Waals surface area contributed by atoms with Crippen LogP contribution in [0.15, 0.2) is 24.4 Å². The number of aromatic nitrogens is 2. The number of piperidine rings is 1. The minimum absolute atomic E-state index is 0.661. The summed E-state index contributed by atoms with van der Waals surface area (Å²) in [4.78, 5) is 7.31. The highest BCUT2D eigenvalue weighted by Crippen LogP contribution is 2.29. The van der Waals surface area contributed by atoms with Gasteiger partial charge in [-0.25, -0.2) is 4.98 Å². The second kappa shape index (κ2) is 5.43. The fourth-order valence-corrected chi connectivity index (χ4v) is 3.53. The third-order valence-corrected chi connectivity index (χ3v) is 4.98. The topological polar surface area (TPSA) is 32.6 Å². The quantitative estimate of drug-likeness (QED) is 0.935. The zero-order valence-corrected chi connectivity index (χ0v) is 12.8. The minimum atomic E-state index is 0.661. The summed E-state index contributed by atoms with van der Waals surface area (Å²) in [5.41, 5.74) is 3.50. The summed E-state index contributed by atoms with van der Waals surface area (Å²) in [7, 11) is 0. The molecule has 0 spiro atoms. The lowest BCUT2D eigenvalue weighted by molar-refractivity contribution is 0.189. The molecule has 2 aromatic rings. The van der Waals surface area contributed by atoms with Gasteiger partial charge < -0.3 is 14.6 Å². The van der Waals surface area contributed by atoms with E-state index in [1.54, 1.807) is 0 Å². The maximum atomic E-state index is 4.64. The van der Waals surface area contributed by atoms with Crippen LogP contribution in [0.5, 0.6) is 0 Å². The zero-order chi connectivity index (χ0) is 14.2. The van der Waals surface area contributed by atoms with Gasteiger partial charge in [0.25, 0.3) is 0 Å². The van der Waals surface area contributed by atoms with Crippen molar-refractivity contribution in [3.05, 3.63) is 35.8 Å². The Morgan fingerprint density at radius 3 is 2.76 bits per heavy atom. The molecule has 4 nitrogen and oxygen atoms in total. The normalized spacial score (nSPS) is 21.2. The SMILES string of the molecule is Cc1nc2ccccn2c1CNC1CCN(C2CC2)CC1. The predicted octanol–water partition coefficient (Wildman–Crippen LogP) is 2.36. The van der Waals surface area contributed by atoms with Crippen LogP contribution in [0.2, 0.25) is 0 Å². The Kier molecular flexibility index (Phi) is 3.43. The Morgan fingerprint density at radius 1 is 1.19 bits per heavy atom. The maximum Gasteiger partial charge on any atom is 0.137 e. The van der Waals surface area contributed by atoms with Gasteiger partial charge in [0.15, 0.2) is 0 Å². The Labute approximate surface area is 126 Å². The molecular weight excluding hydrogens is 260 g/mol. The summed E-state index contributed by atoms with van der Waals surface area (Å²) in [6, 6.07) is 7.78. The van der Waals surface area contributed by atoms with Crippen molar-refractivity contribution in [2.24, 2.45) is 0 Å². The number of nitrogens with one attached hydrogen (secondary N) is 1. The third-order valence-electron chi connectivity index (χ3n) is 4.98. The van der Waals surface area contributed by atoms with Gasteiger partial charge in [0, 0.05) is 24.8 Å². The van der Waals surface area contributed by atoms with Crippen molar-refractivity contribution in [3.8, 4) is 0 Å². The molecule has 2 aromatic heterocycles. The van der Waals surface area contributed by atoms with Crippen LogP contribution < -0.4 is 5.32 Å². The molecule has 0 unspecified atom stereocenters. The molecule has 112 valence electrons. The van der Waals surface area contributed by atoms with E-state index in [1.807, 2.05) is 6.07 Å². The second-order valence-corrected chi connectivity index (χ2v) is 6.50. The number of hydrogen-bond donors (Lipinski definition) is 1. The molecule has 4 rings (SSSR count). The van der Waals surface area contributed by atoms with Crippen molar-refractivity contribution in [2.45, 2.75) is 51.2 Å². The standard InChI is InChI=1S/C17H24N4/c1-13-16(21-9-3-2-4-17(21)19-13)12-18-14-7-10-20(11-8-14)15-5-6-15/h2-4,9,14-15,18H,5-8,10-12H2,1H3. The van der Waals surface area contributed by atoms with Gasteiger partial charge in [-0.15, -0.1) is 0 Å². The van der Waals surface area contributed by atoms with Gasteiger partial charge in [-0.3, -0.25) is 0 Å². The van der Waals surface area contributed by atoms with Gasteiger partial charge >= 0.3 is 0 Å². The molecule has 1 aliphatic heterocycles. The molecule has 4 heteroatoms. The molecule has 21 heavy (non-hydrogen) atoms. The maximum absolute atomic E-state index is 4.64. The highest BCUT2D eigenvalue weighted by molar-refractivity contribution is 5.42. The monoisotopic (exact) mass is 284 g/mol. The highest BCUT2D eigenvalue weighted by atomic mass is 15.2. The van der Waals surface area contributed by atoms with E-state index in [-0.39, 0.29) is 0 Å². The lowest BCUT2D eigenvalue weighted by atomic mass is 10.0. The van der Waals surface area contributed by atoms with Crippen LogP contribution in [0.4, 0.5) is 0 Å². The van der Waals surface area contributed by atoms with Crippen LogP contribution >= 0.6 is 0 Å². The summed E-state index contributed by atoms with van der Waals surface area (Å²) in [6.45, 7) is 5.58. The van der Waals surface area contributed by atoms with Crippen LogP contribution in [0.25, 0.3) is 5.65 Å². The number of hydrogen-bond acceptors (Lipinski definition) is 3. The molecule has 0 radical (unpaired) electrons. The summed E-state index contributed by atoms with van der Waals surface area (Å²) in [6.07, 6.45) is 7.54. The molecule has 0 atom stereocenters. The van der Waals surface area contributed by atoms with E-state index in [1.165, 1.54) is 44.5 Å². The molecule has 1 aliphatic carbocycles. The summed E-state index contributed by atoms with van der Waals surface area (Å²) < 4.78 is 2.21. The van der Waals surface area contributed by atoms with Crippen molar-refractivity contribution in [2.75, 3.05) is 13.1 Å². The van der Waals surface area contributed by atoms with Crippen LogP contribution in [0.1, 0.15) is 37.1 Å². The summed E-state index contributed by atoms with van der Waals surface area (Å²) in [5.74, 6) is 0. The van der Waals surface area contributed by atoms with Crippen molar-refractivity contribution in [1.29, 1.82) is 0 Å². The van der Waals surface area contributed by atoms with Crippen LogP contribution in [0.3, 0.4) is 0 Å². The average molecular weight is 284 g/mol. The van der Waals surface area contributed by atoms with E-state index in [9.17, 15) is 0 Å². The largest absolute Gasteiger partial charge is 0.308 e. The molecule has 0 amide bonds. The zero-order valence-electron chi connectivity index (χ0n) is 12.8. The van der Waals surface area contributed by atoms with E-state index in [0.717, 1.165) is 23.9 Å². The molecule has 3 heterocycles. The van der Waals surface area contributed by atoms with Gasteiger partial charge in [0.1, 0.15) is 5.65 Å². The molecule has 1 saturated carbocycles. The smallest absolute Gasteiger partial charge is 0.137 e. The lowest BCUT2D eigenvalue weighted by Gasteiger charge is -2.32. The average Bonchev–Trinajstić information content (AvgIpc) is 3.30. The summed E-state index contributed by atoms with van der Waals surface area (Å²) >= 11 is 0. The minimum Gasteiger partial charge on any atom is -0.308 e. The van der Waals surface area contributed by atoms with E-state index < -0.39 is 0 Å². The summed E-state index contributed by atoms with van der Waals surface area (Å²) in [5, 5.41) is 3.75. The lowest BCUT2D eigenvalue weighted by Crippen LogP contribution is -2.43. The number of likely N-dealkylation sites (tertiary alicyclic amines) is 1. The number of aryl methyl sites for hydroxylation is 1. The number of imidazole rings is 1. The first-order chi connectivity index (χ1) is 10.3. The fourth-order valence-electron chi connectivity index (χ4n) is 3.53. The van der Waals surface area contributed by atoms with Crippen molar-refractivity contribution in [3.63, 3.8) is 0 Å². The van der Waals surface area contributed by atoms with Crippen molar-refractivity contribution >= 4 is 5.65 Å². The number of pyridine rings is 1. The Bertz CT molecular complexity index is 621. The van der Waals surface area contributed by atoms with Gasteiger partial charge in [-0.05, 0) is 57.8 Å². The highest BCUT2D eigenvalue weighted by Gasteiger charge is 2.31. The van der Waals surface area contributed by atoms with Crippen LogP contribution in [0, 0.1) is 6.92 Å². The first-order valence-corrected chi connectivity index (χ1v) is 8.21. The molecule has 2 fully saturated rings. The van der Waals surface area contributed by atoms with E-state index in [0.29, 0.717) is 6.04 Å². The van der Waals surface area contributed by atoms with Crippen molar-refractivity contribution in [1.82, 2.24) is 19.6 Å². The molecular formula is C17H24N4. The van der Waals surface area contributed by atoms with Crippen LogP contribution in [-0.2, 0) is 6.54 Å². The van der Waals surface area contributed by atoms with Crippen molar-refractivity contribution < 1.29 is 0 Å². The van der Waals surface area contributed by atoms with Gasteiger partial charge in [-0.2, -0.15) is 0 Å². The fraction of sp³-hybridized carbons (Fsp3) is 0.588.